The maximum Gasteiger partial charge on any atom is 0.321 e. The first-order valence-electron chi connectivity index (χ1n) is 8.11. The Bertz CT molecular complexity index is 568. The summed E-state index contributed by atoms with van der Waals surface area (Å²) in [5.41, 5.74) is 0.968. The molecule has 130 valence electrons. The Balaban J connectivity index is 1.66. The molecule has 1 aliphatic rings. The van der Waals surface area contributed by atoms with Crippen LogP contribution in [0.5, 0.6) is 0 Å². The third-order valence-corrected chi connectivity index (χ3v) is 4.19. The minimum absolute atomic E-state index is 0.0732. The molecule has 0 bridgehead atoms. The van der Waals surface area contributed by atoms with Gasteiger partial charge in [-0.3, -0.25) is 14.9 Å². The van der Waals surface area contributed by atoms with Crippen molar-refractivity contribution >= 4 is 17.9 Å². The van der Waals surface area contributed by atoms with Crippen LogP contribution < -0.4 is 15.5 Å². The number of amides is 3. The van der Waals surface area contributed by atoms with E-state index in [1.165, 1.54) is 7.11 Å². The number of carbonyl (C=O) groups excluding carboxylic acids is 3. The van der Waals surface area contributed by atoms with Gasteiger partial charge in [0, 0.05) is 19.4 Å². The molecule has 0 radical (unpaired) electrons. The highest BCUT2D eigenvalue weighted by molar-refractivity contribution is 5.94. The number of likely N-dealkylation sites (tertiary alicyclic amines) is 1. The molecule has 3 N–H and O–H groups in total. The van der Waals surface area contributed by atoms with E-state index in [-0.39, 0.29) is 24.3 Å². The third kappa shape index (κ3) is 5.66. The number of carbonyl (C=O) groups is 3. The second kappa shape index (κ2) is 9.02. The zero-order valence-corrected chi connectivity index (χ0v) is 13.8. The zero-order chi connectivity index (χ0) is 17.4. The van der Waals surface area contributed by atoms with Crippen LogP contribution in [0.3, 0.4) is 0 Å². The Morgan fingerprint density at radius 1 is 1.17 bits per heavy atom. The molecule has 0 aromatic heterocycles. The van der Waals surface area contributed by atoms with Crippen LogP contribution in [0.4, 0.5) is 4.79 Å². The molecule has 1 heterocycles. The lowest BCUT2D eigenvalue weighted by molar-refractivity contribution is -0.897. The number of ether oxygens (including phenoxy) is 1. The van der Waals surface area contributed by atoms with Crippen LogP contribution in [0.15, 0.2) is 30.3 Å². The second-order valence-electron chi connectivity index (χ2n) is 5.94. The van der Waals surface area contributed by atoms with Crippen LogP contribution in [-0.2, 0) is 20.9 Å². The van der Waals surface area contributed by atoms with Crippen LogP contribution in [0, 0.1) is 5.92 Å². The van der Waals surface area contributed by atoms with E-state index in [9.17, 15) is 14.4 Å². The van der Waals surface area contributed by atoms with Gasteiger partial charge in [-0.1, -0.05) is 30.3 Å². The number of hydrogen-bond donors (Lipinski definition) is 3. The van der Waals surface area contributed by atoms with E-state index in [1.54, 1.807) is 0 Å². The van der Waals surface area contributed by atoms with Gasteiger partial charge in [-0.25, -0.2) is 4.79 Å². The number of piperidine rings is 1. The fraction of sp³-hybridized carbons (Fsp3) is 0.471. The summed E-state index contributed by atoms with van der Waals surface area (Å²) in [5.74, 6) is -0.568. The minimum atomic E-state index is -0.493. The topological polar surface area (TPSA) is 88.9 Å². The van der Waals surface area contributed by atoms with Gasteiger partial charge in [-0.05, 0) is 5.56 Å². The summed E-state index contributed by atoms with van der Waals surface area (Å²) >= 11 is 0. The quantitative estimate of drug-likeness (QED) is 0.632. The number of benzene rings is 1. The SMILES string of the molecule is COC(=O)C1CC[NH+](CC(=O)NC(=O)NCc2ccccc2)CC1. The smallest absolute Gasteiger partial charge is 0.321 e. The summed E-state index contributed by atoms with van der Waals surface area (Å²) in [6, 6.07) is 8.99. The number of methoxy groups -OCH3 is 1. The van der Waals surface area contributed by atoms with E-state index in [4.69, 9.17) is 4.74 Å². The third-order valence-electron chi connectivity index (χ3n) is 4.19. The summed E-state index contributed by atoms with van der Waals surface area (Å²) in [7, 11) is 1.39. The highest BCUT2D eigenvalue weighted by Gasteiger charge is 2.29. The van der Waals surface area contributed by atoms with E-state index in [1.807, 2.05) is 30.3 Å². The van der Waals surface area contributed by atoms with E-state index in [0.29, 0.717) is 19.4 Å². The van der Waals surface area contributed by atoms with E-state index < -0.39 is 6.03 Å². The van der Waals surface area contributed by atoms with Crippen molar-refractivity contribution in [1.82, 2.24) is 10.6 Å². The number of nitrogens with one attached hydrogen (secondary N) is 3. The molecule has 1 aromatic carbocycles. The number of rotatable bonds is 5. The zero-order valence-electron chi connectivity index (χ0n) is 13.8. The fourth-order valence-corrected chi connectivity index (χ4v) is 2.83. The molecular weight excluding hydrogens is 310 g/mol. The number of hydrogen-bond acceptors (Lipinski definition) is 4. The summed E-state index contributed by atoms with van der Waals surface area (Å²) in [4.78, 5) is 36.2. The molecule has 7 heteroatoms. The van der Waals surface area contributed by atoms with Crippen LogP contribution in [0.25, 0.3) is 0 Å². The van der Waals surface area contributed by atoms with Gasteiger partial charge in [-0.2, -0.15) is 0 Å². The average Bonchev–Trinajstić information content (AvgIpc) is 2.60. The van der Waals surface area contributed by atoms with Crippen molar-refractivity contribution in [3.8, 4) is 0 Å². The number of quaternary nitrogens is 1. The Morgan fingerprint density at radius 2 is 1.83 bits per heavy atom. The Labute approximate surface area is 141 Å². The molecule has 1 aromatic rings. The lowest BCUT2D eigenvalue weighted by atomic mass is 9.97. The fourth-order valence-electron chi connectivity index (χ4n) is 2.83. The molecule has 0 aliphatic carbocycles. The molecule has 1 saturated heterocycles. The Morgan fingerprint density at radius 3 is 2.46 bits per heavy atom. The van der Waals surface area contributed by atoms with E-state index in [0.717, 1.165) is 23.6 Å². The first-order valence-corrected chi connectivity index (χ1v) is 8.11. The van der Waals surface area contributed by atoms with Gasteiger partial charge >= 0.3 is 12.0 Å². The maximum absolute atomic E-state index is 11.9. The van der Waals surface area contributed by atoms with Crippen LogP contribution in [0.1, 0.15) is 18.4 Å². The largest absolute Gasteiger partial charge is 0.469 e. The molecule has 2 rings (SSSR count). The van der Waals surface area contributed by atoms with Crippen molar-refractivity contribution in [3.05, 3.63) is 35.9 Å². The molecule has 3 amide bonds. The second-order valence-corrected chi connectivity index (χ2v) is 5.94. The first kappa shape index (κ1) is 17.9. The lowest BCUT2D eigenvalue weighted by Gasteiger charge is -2.27. The molecule has 0 spiro atoms. The molecule has 24 heavy (non-hydrogen) atoms. The minimum Gasteiger partial charge on any atom is -0.469 e. The van der Waals surface area contributed by atoms with E-state index >= 15 is 0 Å². The summed E-state index contributed by atoms with van der Waals surface area (Å²) in [6.07, 6.45) is 1.41. The number of esters is 1. The van der Waals surface area contributed by atoms with Gasteiger partial charge in [-0.15, -0.1) is 0 Å². The van der Waals surface area contributed by atoms with Gasteiger partial charge < -0.3 is 15.0 Å². The van der Waals surface area contributed by atoms with Gasteiger partial charge in [0.15, 0.2) is 6.54 Å². The van der Waals surface area contributed by atoms with Gasteiger partial charge in [0.05, 0.1) is 26.1 Å². The monoisotopic (exact) mass is 334 g/mol. The molecular formula is C17H24N3O4+. The summed E-state index contributed by atoms with van der Waals surface area (Å²) < 4.78 is 4.74. The average molecular weight is 334 g/mol. The van der Waals surface area contributed by atoms with Gasteiger partial charge in [0.1, 0.15) is 0 Å². The van der Waals surface area contributed by atoms with Gasteiger partial charge in [0.25, 0.3) is 5.91 Å². The molecule has 7 nitrogen and oxygen atoms in total. The van der Waals surface area contributed by atoms with Crippen molar-refractivity contribution in [2.75, 3.05) is 26.7 Å². The van der Waals surface area contributed by atoms with Crippen molar-refractivity contribution in [2.45, 2.75) is 19.4 Å². The molecule has 0 unspecified atom stereocenters. The van der Waals surface area contributed by atoms with Gasteiger partial charge in [0.2, 0.25) is 0 Å². The highest BCUT2D eigenvalue weighted by Crippen LogP contribution is 2.10. The summed E-state index contributed by atoms with van der Waals surface area (Å²) in [5, 5.41) is 5.00. The summed E-state index contributed by atoms with van der Waals surface area (Å²) in [6.45, 7) is 2.04. The van der Waals surface area contributed by atoms with Crippen LogP contribution >= 0.6 is 0 Å². The van der Waals surface area contributed by atoms with E-state index in [2.05, 4.69) is 10.6 Å². The predicted octanol–water partition coefficient (Wildman–Crippen LogP) is -0.520. The first-order chi connectivity index (χ1) is 11.6. The molecule has 1 fully saturated rings. The van der Waals surface area contributed by atoms with Crippen molar-refractivity contribution in [2.24, 2.45) is 5.92 Å². The Kier molecular flexibility index (Phi) is 6.74. The van der Waals surface area contributed by atoms with Crippen molar-refractivity contribution in [3.63, 3.8) is 0 Å². The normalized spacial score (nSPS) is 20.0. The van der Waals surface area contributed by atoms with Crippen LogP contribution in [-0.4, -0.2) is 44.7 Å². The number of imide groups is 1. The number of urea groups is 1. The highest BCUT2D eigenvalue weighted by atomic mass is 16.5. The molecule has 0 atom stereocenters. The molecule has 1 aliphatic heterocycles. The van der Waals surface area contributed by atoms with Crippen molar-refractivity contribution < 1.29 is 24.0 Å². The van der Waals surface area contributed by atoms with Crippen LogP contribution in [0.2, 0.25) is 0 Å². The predicted molar refractivity (Wildman–Crippen MR) is 87.1 cm³/mol. The van der Waals surface area contributed by atoms with Crippen molar-refractivity contribution in [1.29, 1.82) is 0 Å². The lowest BCUT2D eigenvalue weighted by Crippen LogP contribution is -3.14. The standard InChI is InChI=1S/C17H23N3O4/c1-24-16(22)14-7-9-20(10-8-14)12-15(21)19-17(23)18-11-13-5-3-2-4-6-13/h2-6,14H,7-12H2,1H3,(H2,18,19,21,23)/p+1. The molecule has 0 saturated carbocycles. The maximum atomic E-state index is 11.9. The Hall–Kier alpha value is -2.41.